The van der Waals surface area contributed by atoms with E-state index >= 15 is 0 Å². The van der Waals surface area contributed by atoms with Crippen molar-refractivity contribution in [1.29, 1.82) is 0 Å². The number of alkyl halides is 3. The van der Waals surface area contributed by atoms with E-state index in [0.717, 1.165) is 23.0 Å². The van der Waals surface area contributed by atoms with E-state index in [0.29, 0.717) is 15.7 Å². The molecule has 0 bridgehead atoms. The minimum Gasteiger partial charge on any atom is -0.347 e. The molecule has 0 atom stereocenters. The van der Waals surface area contributed by atoms with Gasteiger partial charge in [0.2, 0.25) is 0 Å². The summed E-state index contributed by atoms with van der Waals surface area (Å²) in [5.41, 5.74) is 0.266. The zero-order valence-corrected chi connectivity index (χ0v) is 17.8. The van der Waals surface area contributed by atoms with Crippen LogP contribution in [0.2, 0.25) is 10.0 Å². The lowest BCUT2D eigenvalue weighted by Gasteiger charge is -2.13. The standard InChI is InChI=1S/C20H15Cl2F3N2O2S/c1-11-17(18(28)26-9-13-4-2-3-5-14(13)20(23,24)25)30-19(29)27(11)10-12-6-7-15(21)16(22)8-12/h2-8H,9-10H2,1H3,(H,26,28). The zero-order chi connectivity index (χ0) is 22.1. The van der Waals surface area contributed by atoms with Gasteiger partial charge in [0.1, 0.15) is 4.88 Å². The maximum absolute atomic E-state index is 13.1. The molecule has 1 aromatic heterocycles. The summed E-state index contributed by atoms with van der Waals surface area (Å²) in [6, 6.07) is 9.96. The number of nitrogens with one attached hydrogen (secondary N) is 1. The van der Waals surface area contributed by atoms with Crippen LogP contribution in [-0.4, -0.2) is 10.5 Å². The molecular weight excluding hydrogens is 460 g/mol. The van der Waals surface area contributed by atoms with Crippen LogP contribution in [0.15, 0.2) is 47.3 Å². The van der Waals surface area contributed by atoms with Gasteiger partial charge in [0.05, 0.1) is 22.2 Å². The van der Waals surface area contributed by atoms with E-state index in [2.05, 4.69) is 5.32 Å². The first-order valence-corrected chi connectivity index (χ1v) is 10.2. The number of rotatable bonds is 5. The second kappa shape index (κ2) is 8.83. The van der Waals surface area contributed by atoms with Crippen molar-refractivity contribution in [3.05, 3.63) is 89.4 Å². The second-order valence-electron chi connectivity index (χ2n) is 6.45. The fourth-order valence-electron chi connectivity index (χ4n) is 2.90. The second-order valence-corrected chi connectivity index (χ2v) is 8.23. The van der Waals surface area contributed by atoms with Crippen LogP contribution in [0.25, 0.3) is 0 Å². The number of aromatic nitrogens is 1. The van der Waals surface area contributed by atoms with Crippen LogP contribution in [-0.2, 0) is 19.3 Å². The normalized spacial score (nSPS) is 11.5. The summed E-state index contributed by atoms with van der Waals surface area (Å²) in [6.07, 6.45) is -4.52. The first-order chi connectivity index (χ1) is 14.1. The van der Waals surface area contributed by atoms with Crippen molar-refractivity contribution in [3.63, 3.8) is 0 Å². The first kappa shape index (κ1) is 22.4. The minimum atomic E-state index is -4.52. The highest BCUT2D eigenvalue weighted by molar-refractivity contribution is 7.11. The molecule has 1 N–H and O–H groups in total. The van der Waals surface area contributed by atoms with Crippen LogP contribution in [0.4, 0.5) is 13.2 Å². The monoisotopic (exact) mass is 474 g/mol. The molecule has 0 radical (unpaired) electrons. The highest BCUT2D eigenvalue weighted by Gasteiger charge is 2.33. The van der Waals surface area contributed by atoms with Crippen molar-refractivity contribution in [2.45, 2.75) is 26.2 Å². The van der Waals surface area contributed by atoms with Gasteiger partial charge in [-0.05, 0) is 36.2 Å². The van der Waals surface area contributed by atoms with Crippen molar-refractivity contribution in [3.8, 4) is 0 Å². The number of halogens is 5. The molecule has 1 amide bonds. The molecule has 0 fully saturated rings. The predicted molar refractivity (Wildman–Crippen MR) is 111 cm³/mol. The van der Waals surface area contributed by atoms with Gasteiger partial charge in [0, 0.05) is 12.2 Å². The predicted octanol–water partition coefficient (Wildman–Crippen LogP) is 5.52. The topological polar surface area (TPSA) is 51.1 Å². The van der Waals surface area contributed by atoms with Crippen LogP contribution < -0.4 is 10.2 Å². The quantitative estimate of drug-likeness (QED) is 0.528. The molecular formula is C20H15Cl2F3N2O2S. The van der Waals surface area contributed by atoms with E-state index in [9.17, 15) is 22.8 Å². The Bertz CT molecular complexity index is 1160. The summed E-state index contributed by atoms with van der Waals surface area (Å²) < 4.78 is 40.7. The molecule has 2 aromatic carbocycles. The molecule has 0 aliphatic carbocycles. The Morgan fingerprint density at radius 1 is 1.13 bits per heavy atom. The molecule has 30 heavy (non-hydrogen) atoms. The number of thiazole rings is 1. The molecule has 10 heteroatoms. The fraction of sp³-hybridized carbons (Fsp3) is 0.200. The van der Waals surface area contributed by atoms with Gasteiger partial charge in [-0.3, -0.25) is 14.2 Å². The molecule has 4 nitrogen and oxygen atoms in total. The molecule has 0 aliphatic heterocycles. The summed E-state index contributed by atoms with van der Waals surface area (Å²) in [7, 11) is 0. The Balaban J connectivity index is 1.79. The number of hydrogen-bond donors (Lipinski definition) is 1. The molecule has 3 rings (SSSR count). The van der Waals surface area contributed by atoms with Gasteiger partial charge in [-0.25, -0.2) is 0 Å². The Morgan fingerprint density at radius 2 is 1.83 bits per heavy atom. The minimum absolute atomic E-state index is 0.0569. The van der Waals surface area contributed by atoms with Crippen LogP contribution in [0.5, 0.6) is 0 Å². The molecule has 3 aromatic rings. The number of benzene rings is 2. The van der Waals surface area contributed by atoms with Crippen molar-refractivity contribution in [2.24, 2.45) is 0 Å². The van der Waals surface area contributed by atoms with Gasteiger partial charge >= 0.3 is 11.0 Å². The lowest BCUT2D eigenvalue weighted by atomic mass is 10.1. The third-order valence-electron chi connectivity index (χ3n) is 4.44. The van der Waals surface area contributed by atoms with E-state index < -0.39 is 17.6 Å². The van der Waals surface area contributed by atoms with Crippen molar-refractivity contribution in [1.82, 2.24) is 9.88 Å². The van der Waals surface area contributed by atoms with E-state index in [1.165, 1.54) is 22.8 Å². The summed E-state index contributed by atoms with van der Waals surface area (Å²) in [4.78, 5) is 24.7. The van der Waals surface area contributed by atoms with Crippen LogP contribution in [0, 0.1) is 6.92 Å². The van der Waals surface area contributed by atoms with Crippen LogP contribution >= 0.6 is 34.5 Å². The van der Waals surface area contributed by atoms with Crippen LogP contribution in [0.3, 0.4) is 0 Å². The van der Waals surface area contributed by atoms with Crippen molar-refractivity contribution >= 4 is 40.4 Å². The number of nitrogens with zero attached hydrogens (tertiary/aromatic N) is 1. The average molecular weight is 475 g/mol. The van der Waals surface area contributed by atoms with Gasteiger partial charge in [-0.15, -0.1) is 0 Å². The molecule has 158 valence electrons. The zero-order valence-electron chi connectivity index (χ0n) is 15.5. The van der Waals surface area contributed by atoms with Crippen LogP contribution in [0.1, 0.15) is 32.1 Å². The van der Waals surface area contributed by atoms with Gasteiger partial charge in [-0.1, -0.05) is 58.8 Å². The Kier molecular flexibility index (Phi) is 6.59. The molecule has 0 spiro atoms. The van der Waals surface area contributed by atoms with Gasteiger partial charge in [0.15, 0.2) is 0 Å². The Morgan fingerprint density at radius 3 is 2.50 bits per heavy atom. The first-order valence-electron chi connectivity index (χ1n) is 8.65. The number of hydrogen-bond acceptors (Lipinski definition) is 3. The van der Waals surface area contributed by atoms with Crippen molar-refractivity contribution < 1.29 is 18.0 Å². The van der Waals surface area contributed by atoms with E-state index in [1.54, 1.807) is 25.1 Å². The van der Waals surface area contributed by atoms with E-state index in [4.69, 9.17) is 23.2 Å². The Labute approximate surface area is 183 Å². The van der Waals surface area contributed by atoms with E-state index in [1.807, 2.05) is 0 Å². The molecule has 0 unspecified atom stereocenters. The Hall–Kier alpha value is -2.29. The number of carbonyl (C=O) groups is 1. The largest absolute Gasteiger partial charge is 0.416 e. The van der Waals surface area contributed by atoms with Gasteiger partial charge in [0.25, 0.3) is 5.91 Å². The van der Waals surface area contributed by atoms with Gasteiger partial charge < -0.3 is 5.32 Å². The highest BCUT2D eigenvalue weighted by atomic mass is 35.5. The molecule has 0 saturated heterocycles. The lowest BCUT2D eigenvalue weighted by Crippen LogP contribution is -2.24. The third kappa shape index (κ3) is 4.88. The molecule has 0 saturated carbocycles. The summed E-state index contributed by atoms with van der Waals surface area (Å²) in [5.74, 6) is -0.612. The van der Waals surface area contributed by atoms with Crippen molar-refractivity contribution in [2.75, 3.05) is 0 Å². The summed E-state index contributed by atoms with van der Waals surface area (Å²) in [6.45, 7) is 1.48. The fourth-order valence-corrected chi connectivity index (χ4v) is 4.13. The summed E-state index contributed by atoms with van der Waals surface area (Å²) >= 11 is 12.6. The maximum atomic E-state index is 13.1. The van der Waals surface area contributed by atoms with Gasteiger partial charge in [-0.2, -0.15) is 13.2 Å². The number of carbonyl (C=O) groups excluding carboxylic acids is 1. The average Bonchev–Trinajstić information content (AvgIpc) is 2.96. The number of amides is 1. The highest BCUT2D eigenvalue weighted by Crippen LogP contribution is 2.31. The summed E-state index contributed by atoms with van der Waals surface area (Å²) in [5, 5.41) is 3.20. The van der Waals surface area contributed by atoms with E-state index in [-0.39, 0.29) is 28.4 Å². The SMILES string of the molecule is Cc1c(C(=O)NCc2ccccc2C(F)(F)F)sc(=O)n1Cc1ccc(Cl)c(Cl)c1. The lowest BCUT2D eigenvalue weighted by molar-refractivity contribution is -0.138. The molecule has 0 aliphatic rings. The smallest absolute Gasteiger partial charge is 0.347 e. The third-order valence-corrected chi connectivity index (χ3v) is 6.26. The molecule has 1 heterocycles. The maximum Gasteiger partial charge on any atom is 0.416 e.